The molecule has 2 heterocycles. The Kier molecular flexibility index (Phi) is 9.17. The van der Waals surface area contributed by atoms with Gasteiger partial charge in [0.25, 0.3) is 11.6 Å². The summed E-state index contributed by atoms with van der Waals surface area (Å²) in [6.07, 6.45) is -2.07. The molecule has 0 spiro atoms. The number of hydrogen-bond acceptors (Lipinski definition) is 9. The summed E-state index contributed by atoms with van der Waals surface area (Å²) in [6, 6.07) is 0. The van der Waals surface area contributed by atoms with Crippen LogP contribution < -0.4 is 11.1 Å². The number of amides is 3. The minimum absolute atomic E-state index is 0.0211. The number of ether oxygens (including phenoxy) is 2. The van der Waals surface area contributed by atoms with E-state index in [-0.39, 0.29) is 30.6 Å². The fourth-order valence-electron chi connectivity index (χ4n) is 3.63. The highest BCUT2D eigenvalue weighted by Gasteiger charge is 2.66. The van der Waals surface area contributed by atoms with E-state index in [4.69, 9.17) is 30.0 Å². The van der Waals surface area contributed by atoms with E-state index in [1.807, 2.05) is 0 Å². The normalized spacial score (nSPS) is 22.5. The minimum Gasteiger partial charge on any atom is -0.477 e. The number of thioether (sulfide) groups is 1. The van der Waals surface area contributed by atoms with Crippen LogP contribution >= 0.6 is 27.0 Å². The Hall–Kier alpha value is -1.97. The van der Waals surface area contributed by atoms with Crippen molar-refractivity contribution < 1.29 is 62.5 Å². The van der Waals surface area contributed by atoms with Crippen LogP contribution in [0.1, 0.15) is 25.7 Å². The molecule has 0 aromatic rings. The first-order valence-corrected chi connectivity index (χ1v) is 14.3. The van der Waals surface area contributed by atoms with Crippen molar-refractivity contribution in [2.75, 3.05) is 19.5 Å². The van der Waals surface area contributed by atoms with Gasteiger partial charge in [0, 0.05) is 24.9 Å². The number of primary amides is 1. The lowest BCUT2D eigenvalue weighted by atomic mass is 9.97. The number of aliphatic carboxylic acids is 1. The van der Waals surface area contributed by atoms with Crippen molar-refractivity contribution in [3.05, 3.63) is 11.3 Å². The number of unbranched alkanes of at least 4 members (excludes halogenated alkanes) is 1. The van der Waals surface area contributed by atoms with Crippen LogP contribution in [0.5, 0.6) is 0 Å². The van der Waals surface area contributed by atoms with Crippen LogP contribution in [0.3, 0.4) is 0 Å². The number of carbonyl (C=O) groups excluding carboxylic acids is 3. The van der Waals surface area contributed by atoms with Gasteiger partial charge in [-0.05, 0) is 12.8 Å². The average molecular weight is 561 g/mol. The van der Waals surface area contributed by atoms with Gasteiger partial charge in [-0.25, -0.2) is 9.59 Å². The van der Waals surface area contributed by atoms with Gasteiger partial charge in [-0.2, -0.15) is 0 Å². The Labute approximate surface area is 202 Å². The van der Waals surface area contributed by atoms with Gasteiger partial charge in [0.2, 0.25) is 5.91 Å². The van der Waals surface area contributed by atoms with Crippen LogP contribution in [0.15, 0.2) is 11.3 Å². The Balaban J connectivity index is 2.04. The number of β-lactam (4-membered cyclic amide) rings is 1. The Bertz CT molecular complexity index is 1000. The van der Waals surface area contributed by atoms with E-state index in [9.17, 15) is 33.4 Å². The zero-order valence-corrected chi connectivity index (χ0v) is 20.8. The molecular weight excluding hydrogens is 536 g/mol. The van der Waals surface area contributed by atoms with Gasteiger partial charge in [-0.15, -0.1) is 11.8 Å². The molecular formula is C16H25N3O13P2S. The molecule has 16 nitrogen and oxygen atoms in total. The third-order valence-electron chi connectivity index (χ3n) is 5.24. The number of fused-ring (bicyclic) bond motifs is 1. The number of nitrogens with one attached hydrogen (secondary N) is 1. The maximum atomic E-state index is 12.9. The number of carbonyl (C=O) groups is 4. The SMILES string of the molecule is CO[C@@]1(NC(=O)CCCCC(P(=O)(O)O)P(=O)(O)O)C(=O)N2C(C(=O)O)=C(COC(N)=O)CS[C@@H]21. The summed E-state index contributed by atoms with van der Waals surface area (Å²) in [6.45, 7) is -0.447. The van der Waals surface area contributed by atoms with Crippen LogP contribution in [0.25, 0.3) is 0 Å². The van der Waals surface area contributed by atoms with E-state index in [0.717, 1.165) is 23.8 Å². The van der Waals surface area contributed by atoms with Gasteiger partial charge in [0.15, 0.2) is 5.40 Å². The number of nitrogens with zero attached hydrogens (tertiary/aromatic N) is 1. The topological polar surface area (TPSA) is 263 Å². The number of rotatable bonds is 12. The first-order valence-electron chi connectivity index (χ1n) is 9.85. The standard InChI is InChI=1S/C16H25N3O13P2S/c1-31-16(18-9(20)4-2-3-5-10(33(25,26)27)34(28,29)30)13(23)19-11(12(21)22)8(6-32-15(17)24)7-35-14(16)19/h10,14H,2-7H2,1H3,(H2,17,24)(H,18,20)(H,21,22)(H2,25,26,27)(H2,28,29,30)/t14-,16+/m1/s1. The molecule has 3 amide bonds. The molecule has 1 saturated heterocycles. The molecule has 2 aliphatic rings. The molecule has 0 saturated carbocycles. The molecule has 0 aliphatic carbocycles. The third kappa shape index (κ3) is 6.43. The molecule has 0 aromatic heterocycles. The second-order valence-electron chi connectivity index (χ2n) is 7.60. The third-order valence-corrected chi connectivity index (χ3v) is 10.5. The average Bonchev–Trinajstić information content (AvgIpc) is 2.72. The van der Waals surface area contributed by atoms with Crippen molar-refractivity contribution in [2.24, 2.45) is 5.73 Å². The van der Waals surface area contributed by atoms with Gasteiger partial charge in [-0.1, -0.05) is 6.42 Å². The minimum atomic E-state index is -5.07. The molecule has 0 unspecified atom stereocenters. The lowest BCUT2D eigenvalue weighted by Crippen LogP contribution is -2.80. The van der Waals surface area contributed by atoms with E-state index in [1.54, 1.807) is 0 Å². The van der Waals surface area contributed by atoms with Crippen molar-refractivity contribution >= 4 is 50.8 Å². The molecule has 1 fully saturated rings. The summed E-state index contributed by atoms with van der Waals surface area (Å²) in [5.41, 5.74) is 2.70. The van der Waals surface area contributed by atoms with E-state index < -0.39 is 74.3 Å². The Morgan fingerprint density at radius 1 is 1.23 bits per heavy atom. The summed E-state index contributed by atoms with van der Waals surface area (Å²) in [5.74, 6) is -3.04. The predicted molar refractivity (Wildman–Crippen MR) is 118 cm³/mol. The van der Waals surface area contributed by atoms with Gasteiger partial charge in [-0.3, -0.25) is 23.6 Å². The summed E-state index contributed by atoms with van der Waals surface area (Å²) >= 11 is 1.05. The Morgan fingerprint density at radius 2 is 1.83 bits per heavy atom. The van der Waals surface area contributed by atoms with Crippen molar-refractivity contribution in [3.63, 3.8) is 0 Å². The van der Waals surface area contributed by atoms with Crippen molar-refractivity contribution in [1.82, 2.24) is 10.2 Å². The number of carboxylic acids is 1. The van der Waals surface area contributed by atoms with Crippen molar-refractivity contribution in [1.29, 1.82) is 0 Å². The lowest BCUT2D eigenvalue weighted by molar-refractivity contribution is -0.192. The number of methoxy groups -OCH3 is 1. The van der Waals surface area contributed by atoms with E-state index in [0.29, 0.717) is 0 Å². The van der Waals surface area contributed by atoms with Crippen molar-refractivity contribution in [2.45, 2.75) is 42.2 Å². The first-order chi connectivity index (χ1) is 16.1. The second-order valence-corrected chi connectivity index (χ2v) is 12.7. The molecule has 0 bridgehead atoms. The quantitative estimate of drug-likeness (QED) is 0.0655. The van der Waals surface area contributed by atoms with Gasteiger partial charge in [0.05, 0.1) is 0 Å². The largest absolute Gasteiger partial charge is 0.477 e. The van der Waals surface area contributed by atoms with Crippen LogP contribution in [-0.4, -0.2) is 89.4 Å². The zero-order valence-electron chi connectivity index (χ0n) is 18.2. The zero-order chi connectivity index (χ0) is 26.8. The van der Waals surface area contributed by atoms with Crippen LogP contribution in [0.4, 0.5) is 4.79 Å². The maximum absolute atomic E-state index is 12.9. The van der Waals surface area contributed by atoms with Crippen LogP contribution in [-0.2, 0) is 33.0 Å². The van der Waals surface area contributed by atoms with Gasteiger partial charge in [0.1, 0.15) is 17.7 Å². The molecule has 2 aliphatic heterocycles. The first kappa shape index (κ1) is 29.3. The Morgan fingerprint density at radius 3 is 2.31 bits per heavy atom. The molecule has 198 valence electrons. The second kappa shape index (κ2) is 11.0. The molecule has 2 atom stereocenters. The molecule has 8 N–H and O–H groups in total. The van der Waals surface area contributed by atoms with Crippen LogP contribution in [0.2, 0.25) is 0 Å². The molecule has 19 heteroatoms. The summed E-state index contributed by atoms with van der Waals surface area (Å²) in [4.78, 5) is 85.4. The molecule has 0 radical (unpaired) electrons. The van der Waals surface area contributed by atoms with E-state index in [2.05, 4.69) is 10.1 Å². The molecule has 35 heavy (non-hydrogen) atoms. The van der Waals surface area contributed by atoms with E-state index >= 15 is 0 Å². The number of nitrogens with two attached hydrogens (primary N) is 1. The van der Waals surface area contributed by atoms with E-state index in [1.165, 1.54) is 0 Å². The smallest absolute Gasteiger partial charge is 0.404 e. The fraction of sp³-hybridized carbons (Fsp3) is 0.625. The maximum Gasteiger partial charge on any atom is 0.404 e. The van der Waals surface area contributed by atoms with Gasteiger partial charge < -0.3 is 45.2 Å². The summed E-state index contributed by atoms with van der Waals surface area (Å²) in [5, 5.41) is 8.83. The van der Waals surface area contributed by atoms with Crippen molar-refractivity contribution in [3.8, 4) is 0 Å². The van der Waals surface area contributed by atoms with Gasteiger partial charge >= 0.3 is 27.3 Å². The highest BCUT2D eigenvalue weighted by molar-refractivity contribution is 8.00. The highest BCUT2D eigenvalue weighted by atomic mass is 32.2. The van der Waals surface area contributed by atoms with Crippen LogP contribution in [0, 0.1) is 0 Å². The number of carboxylic acid groups (broad SMARTS) is 1. The summed E-state index contributed by atoms with van der Waals surface area (Å²) < 4.78 is 32.5. The fourth-order valence-corrected chi connectivity index (χ4v) is 7.65. The highest BCUT2D eigenvalue weighted by Crippen LogP contribution is 2.61. The molecule has 2 rings (SSSR count). The monoisotopic (exact) mass is 561 g/mol. The number of hydrogen-bond donors (Lipinski definition) is 7. The molecule has 0 aromatic carbocycles. The lowest BCUT2D eigenvalue weighted by Gasteiger charge is -2.55. The predicted octanol–water partition coefficient (Wildman–Crippen LogP) is -0.964. The summed E-state index contributed by atoms with van der Waals surface area (Å²) in [7, 11) is -9.01.